The Morgan fingerprint density at radius 3 is 2.76 bits per heavy atom. The molecule has 0 saturated carbocycles. The van der Waals surface area contributed by atoms with Crippen molar-refractivity contribution in [1.82, 2.24) is 10.3 Å². The zero-order valence-electron chi connectivity index (χ0n) is 11.0. The number of aromatic nitrogens is 1. The lowest BCUT2D eigenvalue weighted by atomic mass is 10.0. The molecule has 17 heavy (non-hydrogen) atoms. The zero-order valence-corrected chi connectivity index (χ0v) is 12.5. The molecule has 0 saturated heterocycles. The van der Waals surface area contributed by atoms with Gasteiger partial charge in [0, 0.05) is 22.8 Å². The number of nitrogens with zero attached hydrogens (tertiary/aromatic N) is 1. The molecule has 0 aliphatic rings. The molecule has 0 aliphatic carbocycles. The van der Waals surface area contributed by atoms with Crippen LogP contribution in [0, 0.1) is 0 Å². The summed E-state index contributed by atoms with van der Waals surface area (Å²) >= 11 is 3.38. The first-order valence-corrected chi connectivity index (χ1v) is 6.74. The second-order valence-electron chi connectivity index (χ2n) is 4.89. The van der Waals surface area contributed by atoms with Gasteiger partial charge in [-0.2, -0.15) is 0 Å². The molecule has 1 aromatic rings. The van der Waals surface area contributed by atoms with Gasteiger partial charge in [-0.1, -0.05) is 6.92 Å². The molecule has 0 spiro atoms. The minimum absolute atomic E-state index is 0.122. The van der Waals surface area contributed by atoms with Gasteiger partial charge in [-0.3, -0.25) is 4.98 Å². The molecule has 1 rings (SSSR count). The van der Waals surface area contributed by atoms with Crippen molar-refractivity contribution in [3.05, 3.63) is 22.9 Å². The number of hydrogen-bond donors (Lipinski definition) is 1. The van der Waals surface area contributed by atoms with Gasteiger partial charge in [-0.25, -0.2) is 0 Å². The highest BCUT2D eigenvalue weighted by atomic mass is 79.9. The van der Waals surface area contributed by atoms with Gasteiger partial charge in [0.1, 0.15) is 11.9 Å². The lowest BCUT2D eigenvalue weighted by Gasteiger charge is -2.26. The average molecular weight is 301 g/mol. The number of rotatable bonds is 6. The maximum Gasteiger partial charge on any atom is 0.139 e. The van der Waals surface area contributed by atoms with Gasteiger partial charge in [0.2, 0.25) is 0 Å². The number of halogens is 1. The molecule has 1 aromatic heterocycles. The highest BCUT2D eigenvalue weighted by Crippen LogP contribution is 2.17. The SMILES string of the molecule is CCC(C)(C)NCC(C)Oc1cncc(Br)c1. The maximum atomic E-state index is 5.78. The van der Waals surface area contributed by atoms with Gasteiger partial charge in [-0.05, 0) is 49.2 Å². The summed E-state index contributed by atoms with van der Waals surface area (Å²) in [6.45, 7) is 9.45. The van der Waals surface area contributed by atoms with E-state index in [2.05, 4.69) is 53.9 Å². The molecule has 96 valence electrons. The van der Waals surface area contributed by atoms with Gasteiger partial charge in [0.25, 0.3) is 0 Å². The Labute approximate surface area is 112 Å². The summed E-state index contributed by atoms with van der Waals surface area (Å²) in [7, 11) is 0. The van der Waals surface area contributed by atoms with Crippen molar-refractivity contribution in [3.8, 4) is 5.75 Å². The second-order valence-corrected chi connectivity index (χ2v) is 5.80. The number of hydrogen-bond acceptors (Lipinski definition) is 3. The number of nitrogens with one attached hydrogen (secondary N) is 1. The minimum Gasteiger partial charge on any atom is -0.488 e. The number of ether oxygens (including phenoxy) is 1. The summed E-state index contributed by atoms with van der Waals surface area (Å²) in [5.41, 5.74) is 0.160. The van der Waals surface area contributed by atoms with Gasteiger partial charge < -0.3 is 10.1 Å². The van der Waals surface area contributed by atoms with Crippen LogP contribution in [0.3, 0.4) is 0 Å². The molecule has 4 heteroatoms. The lowest BCUT2D eigenvalue weighted by Crippen LogP contribution is -2.43. The van der Waals surface area contributed by atoms with Gasteiger partial charge in [-0.15, -0.1) is 0 Å². The average Bonchev–Trinajstić information content (AvgIpc) is 2.27. The van der Waals surface area contributed by atoms with E-state index >= 15 is 0 Å². The molecular weight excluding hydrogens is 280 g/mol. The molecule has 0 radical (unpaired) electrons. The Balaban J connectivity index is 2.42. The third kappa shape index (κ3) is 5.50. The van der Waals surface area contributed by atoms with E-state index in [0.29, 0.717) is 0 Å². The Morgan fingerprint density at radius 1 is 1.47 bits per heavy atom. The molecule has 0 bridgehead atoms. The first kappa shape index (κ1) is 14.5. The van der Waals surface area contributed by atoms with E-state index in [1.807, 2.05) is 6.07 Å². The summed E-state index contributed by atoms with van der Waals surface area (Å²) < 4.78 is 6.71. The fourth-order valence-corrected chi connectivity index (χ4v) is 1.62. The quantitative estimate of drug-likeness (QED) is 0.874. The Morgan fingerprint density at radius 2 is 2.18 bits per heavy atom. The smallest absolute Gasteiger partial charge is 0.139 e. The van der Waals surface area contributed by atoms with Crippen LogP contribution in [0.2, 0.25) is 0 Å². The van der Waals surface area contributed by atoms with Crippen LogP contribution in [0.25, 0.3) is 0 Å². The van der Waals surface area contributed by atoms with E-state index in [4.69, 9.17) is 4.74 Å². The largest absolute Gasteiger partial charge is 0.488 e. The van der Waals surface area contributed by atoms with Crippen LogP contribution in [0.5, 0.6) is 5.75 Å². The molecule has 1 unspecified atom stereocenters. The summed E-state index contributed by atoms with van der Waals surface area (Å²) in [5.74, 6) is 0.794. The van der Waals surface area contributed by atoms with E-state index in [0.717, 1.165) is 23.2 Å². The highest BCUT2D eigenvalue weighted by molar-refractivity contribution is 9.10. The van der Waals surface area contributed by atoms with Crippen LogP contribution in [0.1, 0.15) is 34.1 Å². The van der Waals surface area contributed by atoms with Crippen LogP contribution in [-0.4, -0.2) is 23.2 Å². The fraction of sp³-hybridized carbons (Fsp3) is 0.615. The standard InChI is InChI=1S/C13H21BrN2O/c1-5-13(3,4)16-7-10(2)17-12-6-11(14)8-15-9-12/h6,8-10,16H,5,7H2,1-4H3. The Bertz CT molecular complexity index is 355. The second kappa shape index (κ2) is 6.36. The summed E-state index contributed by atoms with van der Waals surface area (Å²) in [4.78, 5) is 4.07. The molecule has 1 heterocycles. The summed E-state index contributed by atoms with van der Waals surface area (Å²) in [6, 6.07) is 1.93. The molecular formula is C13H21BrN2O. The van der Waals surface area contributed by atoms with Crippen LogP contribution in [-0.2, 0) is 0 Å². The van der Waals surface area contributed by atoms with Gasteiger partial charge in [0.15, 0.2) is 0 Å². The predicted octanol–water partition coefficient (Wildman–Crippen LogP) is 3.39. The van der Waals surface area contributed by atoms with Crippen LogP contribution in [0.15, 0.2) is 22.9 Å². The van der Waals surface area contributed by atoms with E-state index in [-0.39, 0.29) is 11.6 Å². The Hall–Kier alpha value is -0.610. The fourth-order valence-electron chi connectivity index (χ4n) is 1.28. The van der Waals surface area contributed by atoms with Crippen LogP contribution >= 0.6 is 15.9 Å². The van der Waals surface area contributed by atoms with Crippen molar-refractivity contribution in [2.45, 2.75) is 45.8 Å². The van der Waals surface area contributed by atoms with Crippen LogP contribution < -0.4 is 10.1 Å². The normalized spacial score (nSPS) is 13.5. The Kier molecular flexibility index (Phi) is 5.40. The zero-order chi connectivity index (χ0) is 12.9. The molecule has 0 amide bonds. The summed E-state index contributed by atoms with van der Waals surface area (Å²) in [5, 5.41) is 3.49. The van der Waals surface area contributed by atoms with E-state index in [9.17, 15) is 0 Å². The van der Waals surface area contributed by atoms with Crippen LogP contribution in [0.4, 0.5) is 0 Å². The maximum absolute atomic E-state index is 5.78. The lowest BCUT2D eigenvalue weighted by molar-refractivity contribution is 0.198. The molecule has 0 fully saturated rings. The van der Waals surface area contributed by atoms with Gasteiger partial charge in [0.05, 0.1) is 6.20 Å². The topological polar surface area (TPSA) is 34.1 Å². The van der Waals surface area contributed by atoms with Crippen molar-refractivity contribution in [2.75, 3.05) is 6.54 Å². The third-order valence-corrected chi connectivity index (χ3v) is 3.20. The summed E-state index contributed by atoms with van der Waals surface area (Å²) in [6.07, 6.45) is 4.69. The third-order valence-electron chi connectivity index (χ3n) is 2.77. The predicted molar refractivity (Wildman–Crippen MR) is 74.4 cm³/mol. The van der Waals surface area contributed by atoms with Crippen molar-refractivity contribution < 1.29 is 4.74 Å². The molecule has 1 N–H and O–H groups in total. The molecule has 3 nitrogen and oxygen atoms in total. The monoisotopic (exact) mass is 300 g/mol. The van der Waals surface area contributed by atoms with E-state index in [1.165, 1.54) is 0 Å². The molecule has 1 atom stereocenters. The molecule has 0 aliphatic heterocycles. The minimum atomic E-state index is 0.122. The van der Waals surface area contributed by atoms with E-state index in [1.54, 1.807) is 12.4 Å². The van der Waals surface area contributed by atoms with E-state index < -0.39 is 0 Å². The first-order valence-electron chi connectivity index (χ1n) is 5.95. The van der Waals surface area contributed by atoms with Crippen molar-refractivity contribution >= 4 is 15.9 Å². The number of pyridine rings is 1. The molecule has 0 aromatic carbocycles. The van der Waals surface area contributed by atoms with Crippen molar-refractivity contribution in [2.24, 2.45) is 0 Å². The van der Waals surface area contributed by atoms with Gasteiger partial charge >= 0.3 is 0 Å². The first-order chi connectivity index (χ1) is 7.93. The highest BCUT2D eigenvalue weighted by Gasteiger charge is 2.15. The van der Waals surface area contributed by atoms with Crippen molar-refractivity contribution in [1.29, 1.82) is 0 Å². The van der Waals surface area contributed by atoms with Crippen molar-refractivity contribution in [3.63, 3.8) is 0 Å².